The van der Waals surface area contributed by atoms with Crippen molar-refractivity contribution in [2.24, 2.45) is 17.3 Å². The average Bonchev–Trinajstić information content (AvgIpc) is 2.27. The number of hydrogen-bond donors (Lipinski definition) is 0. The van der Waals surface area contributed by atoms with Crippen molar-refractivity contribution in [3.63, 3.8) is 0 Å². The molecule has 0 aliphatic carbocycles. The third kappa shape index (κ3) is 5.25. The molecule has 0 aliphatic rings. The van der Waals surface area contributed by atoms with Gasteiger partial charge in [0, 0.05) is 5.41 Å². The summed E-state index contributed by atoms with van der Waals surface area (Å²) in [6, 6.07) is 0. The lowest BCUT2D eigenvalue weighted by molar-refractivity contribution is 0.482. The zero-order valence-corrected chi connectivity index (χ0v) is 13.7. The Balaban J connectivity index is 5.33. The van der Waals surface area contributed by atoms with Crippen LogP contribution < -0.4 is 0 Å². The first-order valence-electron chi connectivity index (χ1n) is 7.09. The lowest BCUT2D eigenvalue weighted by Crippen LogP contribution is -2.14. The second-order valence-corrected chi connectivity index (χ2v) is 6.68. The molecular weight excluding hydrogens is 216 g/mol. The normalized spacial score (nSPS) is 14.6. The molecule has 0 aliphatic heterocycles. The van der Waals surface area contributed by atoms with Crippen LogP contribution in [0.3, 0.4) is 0 Å². The second-order valence-electron chi connectivity index (χ2n) is 6.68. The Morgan fingerprint density at radius 3 is 1.94 bits per heavy atom. The lowest BCUT2D eigenvalue weighted by Gasteiger charge is -2.27. The molecule has 0 aromatic heterocycles. The molecule has 0 aromatic rings. The van der Waals surface area contributed by atoms with Crippen molar-refractivity contribution in [2.45, 2.75) is 61.8 Å². The minimum atomic E-state index is 0.0832. The molecular formula is C18H32. The van der Waals surface area contributed by atoms with Crippen molar-refractivity contribution < 1.29 is 0 Å². The highest BCUT2D eigenvalue weighted by atomic mass is 14.3. The molecule has 1 atom stereocenters. The molecule has 0 nitrogen and oxygen atoms in total. The van der Waals surface area contributed by atoms with Crippen molar-refractivity contribution >= 4 is 0 Å². The molecule has 0 fully saturated rings. The van der Waals surface area contributed by atoms with Gasteiger partial charge in [0.15, 0.2) is 0 Å². The van der Waals surface area contributed by atoms with Crippen LogP contribution in [0.1, 0.15) is 61.8 Å². The van der Waals surface area contributed by atoms with E-state index in [1.165, 1.54) is 16.7 Å². The highest BCUT2D eigenvalue weighted by Crippen LogP contribution is 2.34. The maximum absolute atomic E-state index is 4.00. The van der Waals surface area contributed by atoms with Crippen molar-refractivity contribution in [3.05, 3.63) is 35.5 Å². The van der Waals surface area contributed by atoms with Crippen molar-refractivity contribution in [3.8, 4) is 0 Å². The van der Waals surface area contributed by atoms with Gasteiger partial charge in [0.25, 0.3) is 0 Å². The van der Waals surface area contributed by atoms with Gasteiger partial charge in [-0.05, 0) is 39.0 Å². The van der Waals surface area contributed by atoms with E-state index in [4.69, 9.17) is 0 Å². The van der Waals surface area contributed by atoms with Crippen LogP contribution >= 0.6 is 0 Å². The zero-order chi connectivity index (χ0) is 14.5. The molecule has 0 N–H and O–H groups in total. The second kappa shape index (κ2) is 6.97. The van der Waals surface area contributed by atoms with Crippen molar-refractivity contribution in [1.82, 2.24) is 0 Å². The summed E-state index contributed by atoms with van der Waals surface area (Å²) >= 11 is 0. The Morgan fingerprint density at radius 2 is 1.61 bits per heavy atom. The average molecular weight is 248 g/mol. The summed E-state index contributed by atoms with van der Waals surface area (Å²) in [5.74, 6) is 1.30. The largest absolute Gasteiger partial charge is 0.102 e. The molecule has 0 heterocycles. The van der Waals surface area contributed by atoms with Crippen molar-refractivity contribution in [2.75, 3.05) is 0 Å². The number of hydrogen-bond acceptors (Lipinski definition) is 0. The molecule has 0 aromatic carbocycles. The van der Waals surface area contributed by atoms with E-state index >= 15 is 0 Å². The Kier molecular flexibility index (Phi) is 6.67. The third-order valence-electron chi connectivity index (χ3n) is 4.16. The number of rotatable bonds is 6. The van der Waals surface area contributed by atoms with E-state index < -0.39 is 0 Å². The first-order chi connectivity index (χ1) is 8.11. The summed E-state index contributed by atoms with van der Waals surface area (Å²) in [5.41, 5.74) is 4.49. The van der Waals surface area contributed by atoms with E-state index in [9.17, 15) is 0 Å². The van der Waals surface area contributed by atoms with Gasteiger partial charge >= 0.3 is 0 Å². The predicted octanol–water partition coefficient (Wildman–Crippen LogP) is 6.16. The summed E-state index contributed by atoms with van der Waals surface area (Å²) in [6.07, 6.45) is 5.60. The van der Waals surface area contributed by atoms with E-state index in [2.05, 4.69) is 74.1 Å². The van der Waals surface area contributed by atoms with Crippen LogP contribution in [0.4, 0.5) is 0 Å². The van der Waals surface area contributed by atoms with Crippen molar-refractivity contribution in [1.29, 1.82) is 0 Å². The van der Waals surface area contributed by atoms with Gasteiger partial charge in [-0.3, -0.25) is 0 Å². The fraction of sp³-hybridized carbons (Fsp3) is 0.667. The molecule has 18 heavy (non-hydrogen) atoms. The molecule has 0 rings (SSSR count). The molecule has 1 unspecified atom stereocenters. The van der Waals surface area contributed by atoms with Gasteiger partial charge < -0.3 is 0 Å². The summed E-state index contributed by atoms with van der Waals surface area (Å²) in [5, 5.41) is 0. The predicted molar refractivity (Wildman–Crippen MR) is 84.7 cm³/mol. The smallest absolute Gasteiger partial charge is 0.00348 e. The van der Waals surface area contributed by atoms with E-state index in [-0.39, 0.29) is 5.41 Å². The highest BCUT2D eigenvalue weighted by molar-refractivity contribution is 5.26. The van der Waals surface area contributed by atoms with Crippen LogP contribution in [-0.2, 0) is 0 Å². The van der Waals surface area contributed by atoms with Gasteiger partial charge in [0.05, 0.1) is 0 Å². The summed E-state index contributed by atoms with van der Waals surface area (Å²) in [7, 11) is 0. The Hall–Kier alpha value is -0.780. The summed E-state index contributed by atoms with van der Waals surface area (Å²) in [4.78, 5) is 0. The Morgan fingerprint density at radius 1 is 1.11 bits per heavy atom. The van der Waals surface area contributed by atoms with Crippen LogP contribution in [0.25, 0.3) is 0 Å². The van der Waals surface area contributed by atoms with Crippen LogP contribution in [0.15, 0.2) is 35.5 Å². The molecule has 0 spiro atoms. The zero-order valence-electron chi connectivity index (χ0n) is 13.7. The van der Waals surface area contributed by atoms with Gasteiger partial charge in [-0.25, -0.2) is 0 Å². The molecule has 0 radical (unpaired) electrons. The van der Waals surface area contributed by atoms with Gasteiger partial charge in [-0.1, -0.05) is 63.5 Å². The standard InChI is InChI=1S/C18H32/c1-10-18(8,9)17(11-15(6)13(2)3)12-16(7)14(4)5/h10-11,13,15H,1,12H2,2-9H3/b17-11-. The highest BCUT2D eigenvalue weighted by Gasteiger charge is 2.21. The fourth-order valence-electron chi connectivity index (χ4n) is 1.60. The topological polar surface area (TPSA) is 0 Å². The molecule has 104 valence electrons. The van der Waals surface area contributed by atoms with Crippen LogP contribution in [0.5, 0.6) is 0 Å². The van der Waals surface area contributed by atoms with Crippen LogP contribution in [-0.4, -0.2) is 0 Å². The van der Waals surface area contributed by atoms with Gasteiger partial charge in [-0.15, -0.1) is 6.58 Å². The maximum Gasteiger partial charge on any atom is 0.00348 e. The van der Waals surface area contributed by atoms with E-state index in [0.29, 0.717) is 11.8 Å². The SMILES string of the molecule is C=CC(C)(C)/C(=C\C(C)C(C)C)CC(C)=C(C)C. The first-order valence-corrected chi connectivity index (χ1v) is 7.09. The Bertz CT molecular complexity index is 333. The minimum absolute atomic E-state index is 0.0832. The molecule has 0 amide bonds. The summed E-state index contributed by atoms with van der Waals surface area (Å²) in [6.45, 7) is 22.0. The van der Waals surface area contributed by atoms with E-state index in [1.54, 1.807) is 0 Å². The van der Waals surface area contributed by atoms with Gasteiger partial charge in [-0.2, -0.15) is 0 Å². The quantitative estimate of drug-likeness (QED) is 0.493. The first kappa shape index (κ1) is 17.2. The molecule has 0 bridgehead atoms. The lowest BCUT2D eigenvalue weighted by atomic mass is 9.78. The maximum atomic E-state index is 4.00. The minimum Gasteiger partial charge on any atom is -0.102 e. The van der Waals surface area contributed by atoms with Gasteiger partial charge in [0.2, 0.25) is 0 Å². The molecule has 0 saturated carbocycles. The fourth-order valence-corrected chi connectivity index (χ4v) is 1.60. The van der Waals surface area contributed by atoms with Crippen LogP contribution in [0, 0.1) is 17.3 Å². The van der Waals surface area contributed by atoms with E-state index in [0.717, 1.165) is 6.42 Å². The summed E-state index contributed by atoms with van der Waals surface area (Å²) < 4.78 is 0. The number of allylic oxidation sites excluding steroid dienone is 5. The monoisotopic (exact) mass is 248 g/mol. The molecule has 0 saturated heterocycles. The van der Waals surface area contributed by atoms with Gasteiger partial charge in [0.1, 0.15) is 0 Å². The van der Waals surface area contributed by atoms with Crippen LogP contribution in [0.2, 0.25) is 0 Å². The van der Waals surface area contributed by atoms with E-state index in [1.807, 2.05) is 0 Å². The third-order valence-corrected chi connectivity index (χ3v) is 4.16. The molecule has 0 heteroatoms. The Labute approximate surface area is 115 Å².